The van der Waals surface area contributed by atoms with Crippen molar-refractivity contribution >= 4 is 26.8 Å². The van der Waals surface area contributed by atoms with E-state index >= 15 is 0 Å². The lowest BCUT2D eigenvalue weighted by Gasteiger charge is -2.19. The minimum atomic E-state index is -3.39. The van der Waals surface area contributed by atoms with Crippen molar-refractivity contribution in [1.29, 1.82) is 0 Å². The van der Waals surface area contributed by atoms with Crippen molar-refractivity contribution in [3.8, 4) is 11.4 Å². The standard InChI is InChI=1S/C26H29N9O3S/c1-4-39(37,38)18-9-27-20(28-10-18)12-30-24-26(36)35(15(3)16-5-6-16)25-19(33-24)11-29-23(34-25)21-14(2)31-13-32-22(21)17-7-8-17/h9-11,13,15-17H,4-8,12H2,1-3H3,(H,30,33)/t15-/m0/s1. The van der Waals surface area contributed by atoms with Crippen LogP contribution in [0.4, 0.5) is 5.82 Å². The van der Waals surface area contributed by atoms with Crippen LogP contribution >= 0.6 is 0 Å². The van der Waals surface area contributed by atoms with Crippen LogP contribution in [0.15, 0.2) is 34.6 Å². The van der Waals surface area contributed by atoms with E-state index < -0.39 is 9.84 Å². The molecule has 12 nitrogen and oxygen atoms in total. The summed E-state index contributed by atoms with van der Waals surface area (Å²) in [6, 6.07) is -0.0721. The van der Waals surface area contributed by atoms with Gasteiger partial charge in [-0.1, -0.05) is 6.92 Å². The van der Waals surface area contributed by atoms with E-state index in [4.69, 9.17) is 4.98 Å². The van der Waals surface area contributed by atoms with E-state index in [0.29, 0.717) is 34.6 Å². The molecule has 4 heterocycles. The predicted molar refractivity (Wildman–Crippen MR) is 144 cm³/mol. The normalized spacial score (nSPS) is 16.4. The molecule has 0 bridgehead atoms. The summed E-state index contributed by atoms with van der Waals surface area (Å²) in [5.74, 6) is 1.72. The number of hydrogen-bond acceptors (Lipinski definition) is 11. The Morgan fingerprint density at radius 2 is 1.77 bits per heavy atom. The molecular weight excluding hydrogens is 518 g/mol. The maximum Gasteiger partial charge on any atom is 0.295 e. The number of rotatable bonds is 9. The van der Waals surface area contributed by atoms with Crippen LogP contribution in [-0.2, 0) is 16.4 Å². The summed E-state index contributed by atoms with van der Waals surface area (Å²) >= 11 is 0. The number of nitrogens with zero attached hydrogens (tertiary/aromatic N) is 8. The number of hydrogen-bond donors (Lipinski definition) is 1. The van der Waals surface area contributed by atoms with Crippen LogP contribution in [-0.4, -0.2) is 53.6 Å². The first-order valence-electron chi connectivity index (χ1n) is 13.2. The molecule has 2 aliphatic rings. The van der Waals surface area contributed by atoms with Gasteiger partial charge in [0.15, 0.2) is 27.1 Å². The Balaban J connectivity index is 1.38. The third-order valence-electron chi connectivity index (χ3n) is 7.43. The van der Waals surface area contributed by atoms with Gasteiger partial charge in [0.25, 0.3) is 5.56 Å². The Morgan fingerprint density at radius 1 is 1.03 bits per heavy atom. The summed E-state index contributed by atoms with van der Waals surface area (Å²) in [6.07, 6.45) is 10.1. The largest absolute Gasteiger partial charge is 0.358 e. The van der Waals surface area contributed by atoms with Crippen molar-refractivity contribution in [2.75, 3.05) is 11.1 Å². The second kappa shape index (κ2) is 9.70. The highest BCUT2D eigenvalue weighted by Gasteiger charge is 2.33. The molecule has 0 amide bonds. The highest BCUT2D eigenvalue weighted by molar-refractivity contribution is 7.91. The molecule has 0 aromatic carbocycles. The second-order valence-electron chi connectivity index (χ2n) is 10.2. The molecule has 0 radical (unpaired) electrons. The van der Waals surface area contributed by atoms with Crippen molar-refractivity contribution in [1.82, 2.24) is 39.5 Å². The molecule has 39 heavy (non-hydrogen) atoms. The molecule has 0 saturated heterocycles. The van der Waals surface area contributed by atoms with Gasteiger partial charge in [-0.15, -0.1) is 0 Å². The fourth-order valence-electron chi connectivity index (χ4n) is 4.76. The third kappa shape index (κ3) is 4.86. The quantitative estimate of drug-likeness (QED) is 0.328. The maximum absolute atomic E-state index is 13.7. The molecule has 4 aromatic rings. The number of nitrogens with one attached hydrogen (secondary N) is 1. The zero-order valence-electron chi connectivity index (χ0n) is 22.0. The Labute approximate surface area is 225 Å². The smallest absolute Gasteiger partial charge is 0.295 e. The molecule has 0 aliphatic heterocycles. The van der Waals surface area contributed by atoms with Crippen molar-refractivity contribution in [2.24, 2.45) is 5.92 Å². The number of sulfone groups is 1. The molecule has 2 aliphatic carbocycles. The molecule has 0 spiro atoms. The van der Waals surface area contributed by atoms with Crippen molar-refractivity contribution in [3.05, 3.63) is 52.5 Å². The van der Waals surface area contributed by atoms with Crippen LogP contribution in [0.3, 0.4) is 0 Å². The van der Waals surface area contributed by atoms with E-state index in [2.05, 4.69) is 35.2 Å². The molecule has 4 aromatic heterocycles. The topological polar surface area (TPSA) is 158 Å². The molecular formula is C26H29N9O3S. The predicted octanol–water partition coefficient (Wildman–Crippen LogP) is 3.00. The monoisotopic (exact) mass is 547 g/mol. The first kappa shape index (κ1) is 25.4. The zero-order chi connectivity index (χ0) is 27.3. The van der Waals surface area contributed by atoms with Gasteiger partial charge in [-0.05, 0) is 45.4 Å². The van der Waals surface area contributed by atoms with Crippen molar-refractivity contribution in [3.63, 3.8) is 0 Å². The van der Waals surface area contributed by atoms with Crippen LogP contribution < -0.4 is 10.9 Å². The number of fused-ring (bicyclic) bond motifs is 1. The number of anilines is 1. The second-order valence-corrected chi connectivity index (χ2v) is 12.5. The minimum absolute atomic E-state index is 0.0315. The van der Waals surface area contributed by atoms with Gasteiger partial charge in [0.1, 0.15) is 22.6 Å². The van der Waals surface area contributed by atoms with Gasteiger partial charge < -0.3 is 5.32 Å². The number of aryl methyl sites for hydroxylation is 1. The average Bonchev–Trinajstić information content (AvgIpc) is 3.85. The summed E-state index contributed by atoms with van der Waals surface area (Å²) < 4.78 is 25.8. The molecule has 1 N–H and O–H groups in total. The summed E-state index contributed by atoms with van der Waals surface area (Å²) in [6.45, 7) is 5.63. The lowest BCUT2D eigenvalue weighted by atomic mass is 10.1. The van der Waals surface area contributed by atoms with E-state index in [9.17, 15) is 13.2 Å². The summed E-state index contributed by atoms with van der Waals surface area (Å²) in [5, 5.41) is 3.04. The lowest BCUT2D eigenvalue weighted by Crippen LogP contribution is -2.29. The fourth-order valence-corrected chi connectivity index (χ4v) is 5.52. The van der Waals surface area contributed by atoms with Crippen LogP contribution in [0, 0.1) is 12.8 Å². The SMILES string of the molecule is CCS(=O)(=O)c1cnc(CNc2nc3cnc(-c4c(C)ncnc4C4CC4)nc3n([C@@H](C)C3CC3)c2=O)nc1. The molecule has 0 unspecified atom stereocenters. The maximum atomic E-state index is 13.7. The molecule has 6 rings (SSSR count). The van der Waals surface area contributed by atoms with Gasteiger partial charge in [0.05, 0.1) is 35.4 Å². The molecule has 2 fully saturated rings. The third-order valence-corrected chi connectivity index (χ3v) is 9.12. The highest BCUT2D eigenvalue weighted by Crippen LogP contribution is 2.43. The van der Waals surface area contributed by atoms with Crippen LogP contribution in [0.5, 0.6) is 0 Å². The lowest BCUT2D eigenvalue weighted by molar-refractivity contribution is 0.482. The summed E-state index contributed by atoms with van der Waals surface area (Å²) in [7, 11) is -3.39. The average molecular weight is 548 g/mol. The van der Waals surface area contributed by atoms with Crippen LogP contribution in [0.1, 0.15) is 68.7 Å². The van der Waals surface area contributed by atoms with Crippen molar-refractivity contribution in [2.45, 2.75) is 69.9 Å². The van der Waals surface area contributed by atoms with Crippen LogP contribution in [0.25, 0.3) is 22.6 Å². The van der Waals surface area contributed by atoms with E-state index in [1.54, 1.807) is 24.0 Å². The van der Waals surface area contributed by atoms with Crippen LogP contribution in [0.2, 0.25) is 0 Å². The summed E-state index contributed by atoms with van der Waals surface area (Å²) in [4.78, 5) is 45.1. The minimum Gasteiger partial charge on any atom is -0.358 e. The zero-order valence-corrected chi connectivity index (χ0v) is 22.8. The van der Waals surface area contributed by atoms with Gasteiger partial charge in [-0.2, -0.15) is 0 Å². The van der Waals surface area contributed by atoms with E-state index in [1.807, 2.05) is 13.8 Å². The fraction of sp³-hybridized carbons (Fsp3) is 0.462. The number of aromatic nitrogens is 8. The van der Waals surface area contributed by atoms with Gasteiger partial charge in [-0.3, -0.25) is 9.36 Å². The van der Waals surface area contributed by atoms with Gasteiger partial charge in [0, 0.05) is 24.4 Å². The Morgan fingerprint density at radius 3 is 2.44 bits per heavy atom. The van der Waals surface area contributed by atoms with Gasteiger partial charge in [-0.25, -0.2) is 43.3 Å². The van der Waals surface area contributed by atoms with Gasteiger partial charge in [0.2, 0.25) is 0 Å². The first-order chi connectivity index (χ1) is 18.8. The Hall–Kier alpha value is -3.87. The highest BCUT2D eigenvalue weighted by atomic mass is 32.2. The molecule has 1 atom stereocenters. The molecule has 13 heteroatoms. The van der Waals surface area contributed by atoms with E-state index in [-0.39, 0.29) is 34.6 Å². The molecule has 2 saturated carbocycles. The Bertz CT molecular complexity index is 1730. The Kier molecular flexibility index (Phi) is 6.32. The van der Waals surface area contributed by atoms with E-state index in [0.717, 1.165) is 42.6 Å². The first-order valence-corrected chi connectivity index (χ1v) is 14.8. The van der Waals surface area contributed by atoms with Gasteiger partial charge >= 0.3 is 0 Å². The van der Waals surface area contributed by atoms with E-state index in [1.165, 1.54) is 12.4 Å². The summed E-state index contributed by atoms with van der Waals surface area (Å²) in [5.41, 5.74) is 3.26. The van der Waals surface area contributed by atoms with Crippen molar-refractivity contribution < 1.29 is 8.42 Å². The molecule has 202 valence electrons.